The van der Waals surface area contributed by atoms with E-state index in [4.69, 9.17) is 4.99 Å². The van der Waals surface area contributed by atoms with Gasteiger partial charge in [0.15, 0.2) is 5.96 Å². The van der Waals surface area contributed by atoms with Gasteiger partial charge < -0.3 is 20.4 Å². The highest BCUT2D eigenvalue weighted by atomic mass is 15.2. The van der Waals surface area contributed by atoms with Crippen LogP contribution < -0.4 is 10.6 Å². The lowest BCUT2D eigenvalue weighted by Gasteiger charge is -2.33. The molecule has 2 atom stereocenters. The molecule has 2 heterocycles. The SMILES string of the molecule is CCNC(=NCC1CCN(CC)C1)NCCCN1CCCCC1C. The third-order valence-electron chi connectivity index (χ3n) is 5.52. The number of piperidine rings is 1. The fourth-order valence-electron chi connectivity index (χ4n) is 3.89. The monoisotopic (exact) mass is 337 g/mol. The first-order valence-electron chi connectivity index (χ1n) is 10.2. The molecule has 5 heteroatoms. The minimum absolute atomic E-state index is 0.731. The smallest absolute Gasteiger partial charge is 0.191 e. The molecular formula is C19H39N5. The molecule has 2 aliphatic heterocycles. The summed E-state index contributed by atoms with van der Waals surface area (Å²) in [7, 11) is 0. The van der Waals surface area contributed by atoms with E-state index < -0.39 is 0 Å². The Morgan fingerprint density at radius 1 is 1.12 bits per heavy atom. The van der Waals surface area contributed by atoms with E-state index in [-0.39, 0.29) is 0 Å². The van der Waals surface area contributed by atoms with E-state index >= 15 is 0 Å². The van der Waals surface area contributed by atoms with Crippen molar-refractivity contribution >= 4 is 5.96 Å². The number of hydrogen-bond acceptors (Lipinski definition) is 3. The van der Waals surface area contributed by atoms with Crippen LogP contribution in [-0.4, -0.2) is 74.2 Å². The van der Waals surface area contributed by atoms with Gasteiger partial charge in [0.05, 0.1) is 0 Å². The van der Waals surface area contributed by atoms with Crippen molar-refractivity contribution in [3.8, 4) is 0 Å². The van der Waals surface area contributed by atoms with E-state index in [1.807, 2.05) is 0 Å². The Bertz CT molecular complexity index is 371. The summed E-state index contributed by atoms with van der Waals surface area (Å²) in [5, 5.41) is 6.91. The number of guanidine groups is 1. The molecule has 0 saturated carbocycles. The van der Waals surface area contributed by atoms with E-state index in [1.165, 1.54) is 64.8 Å². The maximum atomic E-state index is 4.82. The van der Waals surface area contributed by atoms with E-state index in [0.29, 0.717) is 0 Å². The van der Waals surface area contributed by atoms with Gasteiger partial charge in [-0.2, -0.15) is 0 Å². The number of aliphatic imine (C=N–C) groups is 1. The summed E-state index contributed by atoms with van der Waals surface area (Å²) < 4.78 is 0. The molecule has 0 bridgehead atoms. The standard InChI is InChI=1S/C19H39N5/c1-4-20-19(22-15-18-10-14-23(5-2)16-18)21-11-8-13-24-12-7-6-9-17(24)3/h17-18H,4-16H2,1-3H3,(H2,20,21,22). The molecule has 0 aromatic heterocycles. The number of nitrogens with one attached hydrogen (secondary N) is 2. The van der Waals surface area contributed by atoms with Gasteiger partial charge in [-0.25, -0.2) is 0 Å². The van der Waals surface area contributed by atoms with Crippen LogP contribution in [0.25, 0.3) is 0 Å². The van der Waals surface area contributed by atoms with Crippen molar-refractivity contribution in [2.24, 2.45) is 10.9 Å². The summed E-state index contributed by atoms with van der Waals surface area (Å²) in [4.78, 5) is 9.99. The zero-order valence-corrected chi connectivity index (χ0v) is 16.2. The van der Waals surface area contributed by atoms with Gasteiger partial charge in [0, 0.05) is 38.8 Å². The molecule has 2 saturated heterocycles. The van der Waals surface area contributed by atoms with Crippen molar-refractivity contribution in [3.63, 3.8) is 0 Å². The molecule has 2 unspecified atom stereocenters. The molecule has 2 aliphatic rings. The van der Waals surface area contributed by atoms with Gasteiger partial charge in [-0.15, -0.1) is 0 Å². The number of rotatable bonds is 8. The quantitative estimate of drug-likeness (QED) is 0.405. The van der Waals surface area contributed by atoms with Gasteiger partial charge in [0.2, 0.25) is 0 Å². The van der Waals surface area contributed by atoms with Gasteiger partial charge in [-0.05, 0) is 65.1 Å². The summed E-state index contributed by atoms with van der Waals surface area (Å²) in [5.41, 5.74) is 0. The van der Waals surface area contributed by atoms with Gasteiger partial charge in [-0.1, -0.05) is 13.3 Å². The summed E-state index contributed by atoms with van der Waals surface area (Å²) in [6.45, 7) is 15.8. The van der Waals surface area contributed by atoms with Crippen LogP contribution in [0.1, 0.15) is 52.9 Å². The predicted molar refractivity (Wildman–Crippen MR) is 104 cm³/mol. The van der Waals surface area contributed by atoms with Crippen molar-refractivity contribution in [2.45, 2.75) is 58.9 Å². The summed E-state index contributed by atoms with van der Waals surface area (Å²) >= 11 is 0. The van der Waals surface area contributed by atoms with Crippen LogP contribution in [0.3, 0.4) is 0 Å². The van der Waals surface area contributed by atoms with Crippen LogP contribution in [0.5, 0.6) is 0 Å². The lowest BCUT2D eigenvalue weighted by Crippen LogP contribution is -2.41. The fourth-order valence-corrected chi connectivity index (χ4v) is 3.89. The first-order chi connectivity index (χ1) is 11.7. The van der Waals surface area contributed by atoms with Crippen molar-refractivity contribution in [1.82, 2.24) is 20.4 Å². The number of likely N-dealkylation sites (tertiary alicyclic amines) is 2. The van der Waals surface area contributed by atoms with Gasteiger partial charge in [-0.3, -0.25) is 4.99 Å². The van der Waals surface area contributed by atoms with Crippen LogP contribution >= 0.6 is 0 Å². The molecule has 2 N–H and O–H groups in total. The van der Waals surface area contributed by atoms with Gasteiger partial charge >= 0.3 is 0 Å². The number of nitrogens with zero attached hydrogens (tertiary/aromatic N) is 3. The summed E-state index contributed by atoms with van der Waals surface area (Å²) in [6.07, 6.45) is 6.64. The molecule has 0 aromatic carbocycles. The second-order valence-electron chi connectivity index (χ2n) is 7.43. The van der Waals surface area contributed by atoms with Crippen molar-refractivity contribution in [3.05, 3.63) is 0 Å². The molecule has 0 spiro atoms. The van der Waals surface area contributed by atoms with E-state index in [1.54, 1.807) is 0 Å². The lowest BCUT2D eigenvalue weighted by molar-refractivity contribution is 0.159. The van der Waals surface area contributed by atoms with Crippen LogP contribution in [0.15, 0.2) is 4.99 Å². The van der Waals surface area contributed by atoms with E-state index in [9.17, 15) is 0 Å². The van der Waals surface area contributed by atoms with Crippen LogP contribution in [0, 0.1) is 5.92 Å². The van der Waals surface area contributed by atoms with E-state index in [0.717, 1.165) is 37.6 Å². The third-order valence-corrected chi connectivity index (χ3v) is 5.52. The Labute approximate surface area is 149 Å². The third kappa shape index (κ3) is 6.60. The Hall–Kier alpha value is -0.810. The minimum atomic E-state index is 0.731. The largest absolute Gasteiger partial charge is 0.357 e. The Morgan fingerprint density at radius 3 is 2.71 bits per heavy atom. The van der Waals surface area contributed by atoms with Crippen LogP contribution in [-0.2, 0) is 0 Å². The van der Waals surface area contributed by atoms with Crippen molar-refractivity contribution in [2.75, 3.05) is 52.4 Å². The van der Waals surface area contributed by atoms with Crippen molar-refractivity contribution < 1.29 is 0 Å². The lowest BCUT2D eigenvalue weighted by atomic mass is 10.0. The Morgan fingerprint density at radius 2 is 2.00 bits per heavy atom. The van der Waals surface area contributed by atoms with Gasteiger partial charge in [0.1, 0.15) is 0 Å². The topological polar surface area (TPSA) is 42.9 Å². The Kier molecular flexibility index (Phi) is 8.89. The molecule has 0 aromatic rings. The molecule has 0 radical (unpaired) electrons. The number of hydrogen-bond donors (Lipinski definition) is 2. The summed E-state index contributed by atoms with van der Waals surface area (Å²) in [6, 6.07) is 0.768. The highest BCUT2D eigenvalue weighted by molar-refractivity contribution is 5.79. The zero-order valence-electron chi connectivity index (χ0n) is 16.2. The predicted octanol–water partition coefficient (Wildman–Crippen LogP) is 2.15. The zero-order chi connectivity index (χ0) is 17.2. The van der Waals surface area contributed by atoms with E-state index in [2.05, 4.69) is 41.2 Å². The van der Waals surface area contributed by atoms with Crippen LogP contribution in [0.2, 0.25) is 0 Å². The average molecular weight is 338 g/mol. The van der Waals surface area contributed by atoms with Crippen LogP contribution in [0.4, 0.5) is 0 Å². The molecule has 0 aliphatic carbocycles. The molecule has 2 rings (SSSR count). The molecular weight excluding hydrogens is 298 g/mol. The molecule has 5 nitrogen and oxygen atoms in total. The maximum Gasteiger partial charge on any atom is 0.191 e. The Balaban J connectivity index is 1.65. The summed E-state index contributed by atoms with van der Waals surface area (Å²) in [5.74, 6) is 1.73. The van der Waals surface area contributed by atoms with Crippen molar-refractivity contribution in [1.29, 1.82) is 0 Å². The molecule has 2 fully saturated rings. The normalized spacial score (nSPS) is 26.7. The second-order valence-corrected chi connectivity index (χ2v) is 7.43. The highest BCUT2D eigenvalue weighted by Gasteiger charge is 2.20. The molecule has 140 valence electrons. The first kappa shape index (κ1) is 19.5. The fraction of sp³-hybridized carbons (Fsp3) is 0.947. The average Bonchev–Trinajstić information content (AvgIpc) is 3.06. The second kappa shape index (κ2) is 10.9. The first-order valence-corrected chi connectivity index (χ1v) is 10.2. The molecule has 0 amide bonds. The van der Waals surface area contributed by atoms with Gasteiger partial charge in [0.25, 0.3) is 0 Å². The molecule has 24 heavy (non-hydrogen) atoms. The highest BCUT2D eigenvalue weighted by Crippen LogP contribution is 2.16. The maximum absolute atomic E-state index is 4.82. The minimum Gasteiger partial charge on any atom is -0.357 e.